The van der Waals surface area contributed by atoms with Gasteiger partial charge in [-0.15, -0.1) is 0 Å². The van der Waals surface area contributed by atoms with Crippen LogP contribution in [-0.2, 0) is 6.54 Å². The van der Waals surface area contributed by atoms with E-state index in [4.69, 9.17) is 23.2 Å². The average Bonchev–Trinajstić information content (AvgIpc) is 2.80. The van der Waals surface area contributed by atoms with Gasteiger partial charge < -0.3 is 5.32 Å². The molecule has 1 atom stereocenters. The van der Waals surface area contributed by atoms with E-state index in [-0.39, 0.29) is 6.04 Å². The first kappa shape index (κ1) is 15.8. The molecule has 1 N–H and O–H groups in total. The van der Waals surface area contributed by atoms with Crippen LogP contribution in [0, 0.1) is 0 Å². The van der Waals surface area contributed by atoms with E-state index in [0.717, 1.165) is 28.8 Å². The second-order valence-corrected chi connectivity index (χ2v) is 6.03. The predicted octanol–water partition coefficient (Wildman–Crippen LogP) is 4.67. The Bertz CT molecular complexity index is 598. The Morgan fingerprint density at radius 3 is 2.65 bits per heavy atom. The van der Waals surface area contributed by atoms with Gasteiger partial charge in [-0.25, -0.2) is 0 Å². The van der Waals surface area contributed by atoms with E-state index in [1.165, 1.54) is 0 Å². The Balaban J connectivity index is 2.49. The minimum absolute atomic E-state index is 0.0200. The Kier molecular flexibility index (Phi) is 5.49. The van der Waals surface area contributed by atoms with E-state index in [1.807, 2.05) is 29.1 Å². The fraction of sp³-hybridized carbons (Fsp3) is 0.357. The van der Waals surface area contributed by atoms with Crippen molar-refractivity contribution in [3.05, 3.63) is 50.2 Å². The molecule has 3 nitrogen and oxygen atoms in total. The van der Waals surface area contributed by atoms with Crippen LogP contribution in [0.5, 0.6) is 0 Å². The summed E-state index contributed by atoms with van der Waals surface area (Å²) in [4.78, 5) is 0. The zero-order chi connectivity index (χ0) is 14.7. The SMILES string of the molecule is CCNC(c1ccc(Cl)c(Cl)c1)c1c(Br)cnn1CC. The Morgan fingerprint density at radius 1 is 1.30 bits per heavy atom. The van der Waals surface area contributed by atoms with Crippen molar-refractivity contribution in [2.45, 2.75) is 26.4 Å². The molecule has 0 saturated carbocycles. The molecule has 6 heteroatoms. The molecule has 0 aliphatic rings. The van der Waals surface area contributed by atoms with Crippen molar-refractivity contribution < 1.29 is 0 Å². The van der Waals surface area contributed by atoms with Crippen molar-refractivity contribution >= 4 is 39.1 Å². The van der Waals surface area contributed by atoms with Crippen molar-refractivity contribution in [1.82, 2.24) is 15.1 Å². The lowest BCUT2D eigenvalue weighted by atomic mass is 10.0. The molecule has 0 aliphatic heterocycles. The van der Waals surface area contributed by atoms with Crippen molar-refractivity contribution in [2.24, 2.45) is 0 Å². The number of aromatic nitrogens is 2. The second-order valence-electron chi connectivity index (χ2n) is 4.36. The topological polar surface area (TPSA) is 29.9 Å². The van der Waals surface area contributed by atoms with Gasteiger partial charge in [-0.05, 0) is 47.1 Å². The lowest BCUT2D eigenvalue weighted by Gasteiger charge is -2.20. The lowest BCUT2D eigenvalue weighted by Crippen LogP contribution is -2.25. The zero-order valence-electron chi connectivity index (χ0n) is 11.3. The largest absolute Gasteiger partial charge is 0.305 e. The van der Waals surface area contributed by atoms with E-state index >= 15 is 0 Å². The molecule has 0 bridgehead atoms. The molecular weight excluding hydrogens is 361 g/mol. The molecule has 20 heavy (non-hydrogen) atoms. The second kappa shape index (κ2) is 6.94. The summed E-state index contributed by atoms with van der Waals surface area (Å²) in [6.07, 6.45) is 1.82. The molecule has 0 amide bonds. The molecule has 2 aromatic rings. The van der Waals surface area contributed by atoms with Crippen LogP contribution < -0.4 is 5.32 Å². The quantitative estimate of drug-likeness (QED) is 0.821. The van der Waals surface area contributed by atoms with Gasteiger partial charge in [-0.2, -0.15) is 5.10 Å². The van der Waals surface area contributed by atoms with Gasteiger partial charge in [0.2, 0.25) is 0 Å². The molecule has 0 spiro atoms. The maximum atomic E-state index is 6.14. The summed E-state index contributed by atoms with van der Waals surface area (Å²) >= 11 is 15.7. The molecule has 1 aromatic heterocycles. The van der Waals surface area contributed by atoms with Crippen molar-refractivity contribution in [2.75, 3.05) is 6.54 Å². The zero-order valence-corrected chi connectivity index (χ0v) is 14.4. The number of nitrogens with zero attached hydrogens (tertiary/aromatic N) is 2. The van der Waals surface area contributed by atoms with Crippen LogP contribution in [-0.4, -0.2) is 16.3 Å². The lowest BCUT2D eigenvalue weighted by molar-refractivity contribution is 0.541. The highest BCUT2D eigenvalue weighted by molar-refractivity contribution is 9.10. The Morgan fingerprint density at radius 2 is 2.05 bits per heavy atom. The molecule has 2 rings (SSSR count). The molecule has 0 aliphatic carbocycles. The summed E-state index contributed by atoms with van der Waals surface area (Å²) in [7, 11) is 0. The van der Waals surface area contributed by atoms with Crippen LogP contribution in [0.3, 0.4) is 0 Å². The maximum absolute atomic E-state index is 6.14. The number of hydrogen-bond acceptors (Lipinski definition) is 2. The van der Waals surface area contributed by atoms with E-state index in [1.54, 1.807) is 0 Å². The molecule has 0 radical (unpaired) electrons. The molecule has 1 unspecified atom stereocenters. The highest BCUT2D eigenvalue weighted by atomic mass is 79.9. The normalized spacial score (nSPS) is 12.7. The van der Waals surface area contributed by atoms with Crippen LogP contribution >= 0.6 is 39.1 Å². The van der Waals surface area contributed by atoms with Gasteiger partial charge in [-0.1, -0.05) is 36.2 Å². The first-order valence-corrected chi connectivity index (χ1v) is 8.02. The number of hydrogen-bond donors (Lipinski definition) is 1. The fourth-order valence-corrected chi connectivity index (χ4v) is 3.01. The maximum Gasteiger partial charge on any atom is 0.0760 e. The summed E-state index contributed by atoms with van der Waals surface area (Å²) in [5.41, 5.74) is 2.16. The monoisotopic (exact) mass is 375 g/mol. The Hall–Kier alpha value is -0.550. The van der Waals surface area contributed by atoms with Crippen LogP contribution in [0.1, 0.15) is 31.1 Å². The van der Waals surface area contributed by atoms with Gasteiger partial charge in [0.15, 0.2) is 0 Å². The van der Waals surface area contributed by atoms with Gasteiger partial charge in [0.25, 0.3) is 0 Å². The number of nitrogens with one attached hydrogen (secondary N) is 1. The molecule has 1 heterocycles. The third-order valence-electron chi connectivity index (χ3n) is 3.09. The third kappa shape index (κ3) is 3.19. The van der Waals surface area contributed by atoms with Crippen LogP contribution in [0.25, 0.3) is 0 Å². The van der Waals surface area contributed by atoms with E-state index in [2.05, 4.69) is 40.2 Å². The van der Waals surface area contributed by atoms with Crippen molar-refractivity contribution in [3.8, 4) is 0 Å². The number of aryl methyl sites for hydroxylation is 1. The standard InChI is InChI=1S/C14H16BrCl2N3/c1-3-18-13(9-5-6-11(16)12(17)7-9)14-10(15)8-19-20(14)4-2/h5-8,13,18H,3-4H2,1-2H3. The number of rotatable bonds is 5. The Labute approximate surface area is 137 Å². The summed E-state index contributed by atoms with van der Waals surface area (Å²) in [5, 5.41) is 8.97. The minimum Gasteiger partial charge on any atom is -0.305 e. The molecule has 0 saturated heterocycles. The average molecular weight is 377 g/mol. The minimum atomic E-state index is 0.0200. The summed E-state index contributed by atoms with van der Waals surface area (Å²) < 4.78 is 2.95. The van der Waals surface area contributed by atoms with E-state index in [0.29, 0.717) is 10.0 Å². The van der Waals surface area contributed by atoms with Crippen molar-refractivity contribution in [1.29, 1.82) is 0 Å². The van der Waals surface area contributed by atoms with Crippen LogP contribution in [0.15, 0.2) is 28.9 Å². The number of benzene rings is 1. The van der Waals surface area contributed by atoms with E-state index < -0.39 is 0 Å². The molecule has 108 valence electrons. The first-order chi connectivity index (χ1) is 9.58. The molecule has 1 aromatic carbocycles. The first-order valence-electron chi connectivity index (χ1n) is 6.48. The highest BCUT2D eigenvalue weighted by Crippen LogP contribution is 2.32. The molecule has 0 fully saturated rings. The summed E-state index contributed by atoms with van der Waals surface area (Å²) in [5.74, 6) is 0. The van der Waals surface area contributed by atoms with Crippen molar-refractivity contribution in [3.63, 3.8) is 0 Å². The third-order valence-corrected chi connectivity index (χ3v) is 4.44. The summed E-state index contributed by atoms with van der Waals surface area (Å²) in [6, 6.07) is 5.73. The predicted molar refractivity (Wildman–Crippen MR) is 87.6 cm³/mol. The van der Waals surface area contributed by atoms with Gasteiger partial charge in [0.05, 0.1) is 32.5 Å². The van der Waals surface area contributed by atoms with Crippen LogP contribution in [0.4, 0.5) is 0 Å². The van der Waals surface area contributed by atoms with Crippen LogP contribution in [0.2, 0.25) is 10.0 Å². The van der Waals surface area contributed by atoms with Gasteiger partial charge in [0, 0.05) is 6.54 Å². The molecular formula is C14H16BrCl2N3. The van der Waals surface area contributed by atoms with E-state index in [9.17, 15) is 0 Å². The van der Waals surface area contributed by atoms with Gasteiger partial charge in [-0.3, -0.25) is 4.68 Å². The highest BCUT2D eigenvalue weighted by Gasteiger charge is 2.21. The number of halogens is 3. The van der Waals surface area contributed by atoms with Gasteiger partial charge >= 0.3 is 0 Å². The summed E-state index contributed by atoms with van der Waals surface area (Å²) in [6.45, 7) is 5.79. The smallest absolute Gasteiger partial charge is 0.0760 e. The van der Waals surface area contributed by atoms with Gasteiger partial charge in [0.1, 0.15) is 0 Å². The fourth-order valence-electron chi connectivity index (χ4n) is 2.18.